The van der Waals surface area contributed by atoms with Gasteiger partial charge in [0.2, 0.25) is 0 Å². The number of hydrogen-bond acceptors (Lipinski definition) is 2. The van der Waals surface area contributed by atoms with E-state index in [1.807, 2.05) is 0 Å². The molecule has 10 heavy (non-hydrogen) atoms. The van der Waals surface area contributed by atoms with Crippen molar-refractivity contribution in [3.8, 4) is 0 Å². The van der Waals surface area contributed by atoms with Crippen LogP contribution in [-0.2, 0) is 29.0 Å². The Morgan fingerprint density at radius 2 is 1.90 bits per heavy atom. The Kier molecular flexibility index (Phi) is 4.66. The molecule has 0 aromatic heterocycles. The van der Waals surface area contributed by atoms with E-state index in [4.69, 9.17) is 4.74 Å². The molecule has 0 aliphatic carbocycles. The Morgan fingerprint density at radius 3 is 2.20 bits per heavy atom. The van der Waals surface area contributed by atoms with Crippen LogP contribution >= 0.6 is 0 Å². The van der Waals surface area contributed by atoms with Crippen LogP contribution in [0.5, 0.6) is 0 Å². The molecule has 1 saturated heterocycles. The molecule has 0 radical (unpaired) electrons. The summed E-state index contributed by atoms with van der Waals surface area (Å²) >= 11 is 0. The van der Waals surface area contributed by atoms with Crippen LogP contribution < -0.4 is 0 Å². The zero-order valence-corrected chi connectivity index (χ0v) is 8.97. The molecule has 4 heteroatoms. The summed E-state index contributed by atoms with van der Waals surface area (Å²) in [6.45, 7) is 6.00. The summed E-state index contributed by atoms with van der Waals surface area (Å²) in [5.41, 5.74) is 0. The number of hydrogen-bond donors (Lipinski definition) is 0. The molecule has 1 heterocycles. The van der Waals surface area contributed by atoms with Crippen molar-refractivity contribution >= 4 is 5.91 Å². The molecule has 1 rings (SSSR count). The number of carbonyl (C=O) groups is 1. The van der Waals surface area contributed by atoms with Crippen molar-refractivity contribution in [2.45, 2.75) is 0 Å². The smallest absolute Gasteiger partial charge is 0.0824 e. The molecule has 0 atom stereocenters. The van der Waals surface area contributed by atoms with Crippen LogP contribution in [0.3, 0.4) is 0 Å². The first kappa shape index (κ1) is 9.92. The van der Waals surface area contributed by atoms with E-state index in [0.717, 1.165) is 0 Å². The zero-order chi connectivity index (χ0) is 6.69. The molecular weight excluding hydrogens is 183 g/mol. The zero-order valence-electron chi connectivity index (χ0n) is 6.01. The third-order valence-electron chi connectivity index (χ3n) is 1.36. The Labute approximate surface area is 73.5 Å². The molecule has 0 saturated carbocycles. The van der Waals surface area contributed by atoms with E-state index in [0.29, 0.717) is 26.3 Å². The summed E-state index contributed by atoms with van der Waals surface area (Å²) in [7, 11) is 0. The maximum Gasteiger partial charge on any atom is 0.0824 e. The molecule has 0 bridgehead atoms. The van der Waals surface area contributed by atoms with E-state index in [2.05, 4.69) is 6.92 Å². The van der Waals surface area contributed by atoms with Gasteiger partial charge in [0, 0.05) is 32.6 Å². The van der Waals surface area contributed by atoms with Gasteiger partial charge in [-0.3, -0.25) is 0 Å². The van der Waals surface area contributed by atoms with Crippen molar-refractivity contribution < 1.29 is 29.0 Å². The van der Waals surface area contributed by atoms with Crippen LogP contribution in [0, 0.1) is 6.92 Å². The van der Waals surface area contributed by atoms with Crippen molar-refractivity contribution in [1.29, 1.82) is 0 Å². The minimum Gasteiger partial charge on any atom is -0.378 e. The summed E-state index contributed by atoms with van der Waals surface area (Å²) in [5, 5.41) is 0. The van der Waals surface area contributed by atoms with Crippen molar-refractivity contribution in [2.75, 3.05) is 26.3 Å². The standard InChI is InChI=1S/C6H10NO2.Zn/c1-6(8)7-2-4-9-5-3-7;/h1-5H2;/q-1;. The van der Waals surface area contributed by atoms with Crippen LogP contribution in [0.25, 0.3) is 0 Å². The fourth-order valence-corrected chi connectivity index (χ4v) is 0.813. The van der Waals surface area contributed by atoms with E-state index in [9.17, 15) is 4.79 Å². The second-order valence-corrected chi connectivity index (χ2v) is 1.99. The molecule has 0 unspecified atom stereocenters. The minimum atomic E-state index is -0.0988. The normalized spacial score (nSPS) is 17.8. The van der Waals surface area contributed by atoms with Gasteiger partial charge in [0.05, 0.1) is 19.1 Å². The predicted molar refractivity (Wildman–Crippen MR) is 32.8 cm³/mol. The summed E-state index contributed by atoms with van der Waals surface area (Å²) in [4.78, 5) is 12.2. The first-order valence-electron chi connectivity index (χ1n) is 2.99. The Bertz CT molecular complexity index is 112. The third kappa shape index (κ3) is 2.67. The largest absolute Gasteiger partial charge is 0.378 e. The monoisotopic (exact) mass is 192 g/mol. The quantitative estimate of drug-likeness (QED) is 0.390. The van der Waals surface area contributed by atoms with Crippen molar-refractivity contribution in [2.24, 2.45) is 0 Å². The molecule has 3 nitrogen and oxygen atoms in total. The van der Waals surface area contributed by atoms with Gasteiger partial charge in [-0.15, -0.1) is 0 Å². The summed E-state index contributed by atoms with van der Waals surface area (Å²) in [6.07, 6.45) is 0. The second kappa shape index (κ2) is 4.70. The molecule has 0 aromatic rings. The maximum absolute atomic E-state index is 10.6. The molecule has 0 aromatic carbocycles. The number of carbonyl (C=O) groups excluding carboxylic acids is 1. The molecular formula is C6H10NO2Zn-. The number of amides is 1. The molecule has 0 spiro atoms. The summed E-state index contributed by atoms with van der Waals surface area (Å²) in [5.74, 6) is -0.0988. The van der Waals surface area contributed by atoms with Gasteiger partial charge >= 0.3 is 0 Å². The van der Waals surface area contributed by atoms with Crippen molar-refractivity contribution in [1.82, 2.24) is 4.90 Å². The first-order valence-corrected chi connectivity index (χ1v) is 2.99. The number of nitrogens with zero attached hydrogens (tertiary/aromatic N) is 1. The topological polar surface area (TPSA) is 29.5 Å². The summed E-state index contributed by atoms with van der Waals surface area (Å²) < 4.78 is 5.03. The number of rotatable bonds is 0. The number of ether oxygens (including phenoxy) is 1. The Morgan fingerprint density at radius 1 is 1.40 bits per heavy atom. The maximum atomic E-state index is 10.6. The molecule has 1 aliphatic rings. The van der Waals surface area contributed by atoms with E-state index >= 15 is 0 Å². The Hall–Kier alpha value is -0.0766. The molecule has 1 amide bonds. The van der Waals surface area contributed by atoms with Crippen molar-refractivity contribution in [3.63, 3.8) is 0 Å². The molecule has 1 aliphatic heterocycles. The van der Waals surface area contributed by atoms with E-state index in [1.165, 1.54) is 0 Å². The van der Waals surface area contributed by atoms with Gasteiger partial charge in [0.15, 0.2) is 0 Å². The Balaban J connectivity index is 0.000000810. The van der Waals surface area contributed by atoms with E-state index in [1.54, 1.807) is 4.90 Å². The van der Waals surface area contributed by atoms with Gasteiger partial charge in [-0.05, 0) is 0 Å². The van der Waals surface area contributed by atoms with Gasteiger partial charge in [-0.2, -0.15) is 0 Å². The van der Waals surface area contributed by atoms with Crippen LogP contribution in [0.15, 0.2) is 0 Å². The molecule has 54 valence electrons. The van der Waals surface area contributed by atoms with Crippen LogP contribution in [-0.4, -0.2) is 37.1 Å². The average molecular weight is 194 g/mol. The molecule has 0 N–H and O–H groups in total. The fourth-order valence-electron chi connectivity index (χ4n) is 0.813. The van der Waals surface area contributed by atoms with Gasteiger partial charge in [-0.25, -0.2) is 0 Å². The van der Waals surface area contributed by atoms with Gasteiger partial charge in [0.1, 0.15) is 0 Å². The summed E-state index contributed by atoms with van der Waals surface area (Å²) in [6, 6.07) is 0. The van der Waals surface area contributed by atoms with Crippen LogP contribution in [0.1, 0.15) is 0 Å². The molecule has 1 fully saturated rings. The SMILES string of the molecule is [CH2-]C(=O)N1CCOCC1.[Zn]. The van der Waals surface area contributed by atoms with Crippen LogP contribution in [0.2, 0.25) is 0 Å². The van der Waals surface area contributed by atoms with Gasteiger partial charge < -0.3 is 21.4 Å². The van der Waals surface area contributed by atoms with Gasteiger partial charge in [0.25, 0.3) is 0 Å². The number of morpholine rings is 1. The van der Waals surface area contributed by atoms with Crippen molar-refractivity contribution in [3.05, 3.63) is 6.92 Å². The van der Waals surface area contributed by atoms with Gasteiger partial charge in [-0.1, -0.05) is 0 Å². The van der Waals surface area contributed by atoms with Crippen LogP contribution in [0.4, 0.5) is 0 Å². The van der Waals surface area contributed by atoms with E-state index < -0.39 is 0 Å². The minimum absolute atomic E-state index is 0. The van der Waals surface area contributed by atoms with E-state index in [-0.39, 0.29) is 25.4 Å². The second-order valence-electron chi connectivity index (χ2n) is 1.99. The first-order chi connectivity index (χ1) is 4.30. The fraction of sp³-hybridized carbons (Fsp3) is 0.667. The predicted octanol–water partition coefficient (Wildman–Crippen LogP) is -0.323. The average Bonchev–Trinajstić information content (AvgIpc) is 1.90. The third-order valence-corrected chi connectivity index (χ3v) is 1.36.